The zero-order chi connectivity index (χ0) is 21.7. The number of rotatable bonds is 6. The van der Waals surface area contributed by atoms with Gasteiger partial charge in [-0.15, -0.1) is 0 Å². The lowest BCUT2D eigenvalue weighted by atomic mass is 9.50. The topological polar surface area (TPSA) is 0 Å². The first-order chi connectivity index (χ1) is 14.3. The van der Waals surface area contributed by atoms with Gasteiger partial charge in [0.05, 0.1) is 0 Å². The molecular formula is C30H42. The molecule has 0 N–H and O–H groups in total. The summed E-state index contributed by atoms with van der Waals surface area (Å²) in [5.74, 6) is 0.568. The Morgan fingerprint density at radius 3 is 2.03 bits per heavy atom. The second kappa shape index (κ2) is 7.85. The lowest BCUT2D eigenvalue weighted by Gasteiger charge is -2.53. The molecule has 1 aromatic rings. The van der Waals surface area contributed by atoms with Gasteiger partial charge in [0.1, 0.15) is 0 Å². The van der Waals surface area contributed by atoms with E-state index >= 15 is 0 Å². The molecule has 162 valence electrons. The van der Waals surface area contributed by atoms with Crippen LogP contribution >= 0.6 is 0 Å². The van der Waals surface area contributed by atoms with Gasteiger partial charge in [0.25, 0.3) is 0 Å². The molecule has 0 fully saturated rings. The summed E-state index contributed by atoms with van der Waals surface area (Å²) in [6.45, 7) is 16.9. The third-order valence-corrected chi connectivity index (χ3v) is 9.16. The number of fused-ring (bicyclic) bond motifs is 2. The Kier molecular flexibility index (Phi) is 5.67. The molecule has 0 saturated heterocycles. The summed E-state index contributed by atoms with van der Waals surface area (Å²) in [4.78, 5) is 0. The van der Waals surface area contributed by atoms with Gasteiger partial charge < -0.3 is 0 Å². The highest BCUT2D eigenvalue weighted by Crippen LogP contribution is 2.66. The lowest BCUT2D eigenvalue weighted by Crippen LogP contribution is -2.48. The van der Waals surface area contributed by atoms with Crippen LogP contribution in [0.15, 0.2) is 40.5 Å². The van der Waals surface area contributed by atoms with Gasteiger partial charge in [0.2, 0.25) is 0 Å². The number of aryl methyl sites for hydroxylation is 2. The number of benzene rings is 1. The van der Waals surface area contributed by atoms with Crippen LogP contribution in [0.4, 0.5) is 0 Å². The maximum Gasteiger partial charge on any atom is 0.0281 e. The van der Waals surface area contributed by atoms with E-state index in [0.29, 0.717) is 5.92 Å². The van der Waals surface area contributed by atoms with E-state index in [9.17, 15) is 0 Å². The molecule has 0 bridgehead atoms. The van der Waals surface area contributed by atoms with Crippen molar-refractivity contribution in [2.75, 3.05) is 0 Å². The SMILES string of the molecule is CCCCCC1(C2(C(C)C)C(C)=C(C)C(C)=C2C)C=Cc2cc3c(cc21)CCCC3. The Bertz CT molecular complexity index is 909. The van der Waals surface area contributed by atoms with Crippen molar-refractivity contribution in [3.8, 4) is 0 Å². The standard InChI is InChI=1S/C30H42/c1-8-9-12-16-29(30(20(2)3)23(6)21(4)22(5)24(30)7)17-15-27-18-25-13-10-11-14-26(25)19-28(27)29/h15,17-20H,8-14,16H2,1-7H3. The van der Waals surface area contributed by atoms with Crippen LogP contribution in [0.25, 0.3) is 6.08 Å². The fourth-order valence-electron chi connectivity index (χ4n) is 7.55. The van der Waals surface area contributed by atoms with E-state index in [0.717, 1.165) is 0 Å². The number of unbranched alkanes of at least 4 members (excludes halogenated alkanes) is 2. The van der Waals surface area contributed by atoms with E-state index in [1.54, 1.807) is 27.8 Å². The number of allylic oxidation sites excluding steroid dienone is 5. The molecule has 0 saturated carbocycles. The van der Waals surface area contributed by atoms with Gasteiger partial charge in [-0.25, -0.2) is 0 Å². The highest BCUT2D eigenvalue weighted by Gasteiger charge is 2.58. The number of hydrogen-bond donors (Lipinski definition) is 0. The van der Waals surface area contributed by atoms with Crippen molar-refractivity contribution in [2.24, 2.45) is 11.3 Å². The number of hydrogen-bond acceptors (Lipinski definition) is 0. The zero-order valence-electron chi connectivity index (χ0n) is 20.5. The molecule has 0 spiro atoms. The van der Waals surface area contributed by atoms with E-state index in [1.165, 1.54) is 68.1 Å². The van der Waals surface area contributed by atoms with Crippen molar-refractivity contribution in [1.82, 2.24) is 0 Å². The summed E-state index contributed by atoms with van der Waals surface area (Å²) in [5, 5.41) is 0. The van der Waals surface area contributed by atoms with Crippen LogP contribution in [0.3, 0.4) is 0 Å². The molecule has 1 atom stereocenters. The molecule has 0 amide bonds. The molecule has 0 heteroatoms. The Morgan fingerprint density at radius 2 is 1.47 bits per heavy atom. The van der Waals surface area contributed by atoms with Gasteiger partial charge in [-0.3, -0.25) is 0 Å². The van der Waals surface area contributed by atoms with Crippen LogP contribution in [-0.2, 0) is 18.3 Å². The molecule has 0 heterocycles. The van der Waals surface area contributed by atoms with Crippen molar-refractivity contribution in [3.05, 3.63) is 62.8 Å². The maximum atomic E-state index is 2.66. The minimum absolute atomic E-state index is 0.0886. The van der Waals surface area contributed by atoms with Crippen LogP contribution in [0, 0.1) is 11.3 Å². The molecule has 4 rings (SSSR count). The first kappa shape index (κ1) is 21.7. The van der Waals surface area contributed by atoms with Gasteiger partial charge in [-0.05, 0) is 99.1 Å². The van der Waals surface area contributed by atoms with Crippen LogP contribution in [0.1, 0.15) is 109 Å². The summed E-state index contributed by atoms with van der Waals surface area (Å²) >= 11 is 0. The van der Waals surface area contributed by atoms with Crippen molar-refractivity contribution in [2.45, 2.75) is 105 Å². The van der Waals surface area contributed by atoms with Crippen LogP contribution in [0.5, 0.6) is 0 Å². The van der Waals surface area contributed by atoms with Crippen molar-refractivity contribution in [3.63, 3.8) is 0 Å². The fraction of sp³-hybridized carbons (Fsp3) is 0.600. The maximum absolute atomic E-state index is 2.66. The van der Waals surface area contributed by atoms with Crippen molar-refractivity contribution >= 4 is 6.08 Å². The molecule has 3 aliphatic carbocycles. The van der Waals surface area contributed by atoms with E-state index in [2.05, 4.69) is 72.8 Å². The molecule has 0 nitrogen and oxygen atoms in total. The minimum Gasteiger partial charge on any atom is -0.0721 e. The summed E-state index contributed by atoms with van der Waals surface area (Å²) < 4.78 is 0. The van der Waals surface area contributed by atoms with Gasteiger partial charge in [0.15, 0.2) is 0 Å². The molecular weight excluding hydrogens is 360 g/mol. The van der Waals surface area contributed by atoms with Gasteiger partial charge in [-0.2, -0.15) is 0 Å². The summed E-state index contributed by atoms with van der Waals surface area (Å²) in [7, 11) is 0. The highest BCUT2D eigenvalue weighted by molar-refractivity contribution is 5.71. The monoisotopic (exact) mass is 402 g/mol. The second-order valence-electron chi connectivity index (χ2n) is 10.6. The minimum atomic E-state index is 0.0886. The van der Waals surface area contributed by atoms with E-state index in [-0.39, 0.29) is 10.8 Å². The van der Waals surface area contributed by atoms with Crippen molar-refractivity contribution in [1.29, 1.82) is 0 Å². The molecule has 1 aromatic carbocycles. The van der Waals surface area contributed by atoms with E-state index < -0.39 is 0 Å². The predicted molar refractivity (Wildman–Crippen MR) is 132 cm³/mol. The molecule has 0 aliphatic heterocycles. The third kappa shape index (κ3) is 2.78. The van der Waals surface area contributed by atoms with Gasteiger partial charge in [-0.1, -0.05) is 75.5 Å². The summed E-state index contributed by atoms with van der Waals surface area (Å²) in [5.41, 5.74) is 12.9. The smallest absolute Gasteiger partial charge is 0.0281 e. The molecule has 0 radical (unpaired) electrons. The third-order valence-electron chi connectivity index (χ3n) is 9.16. The van der Waals surface area contributed by atoms with E-state index in [4.69, 9.17) is 0 Å². The lowest BCUT2D eigenvalue weighted by molar-refractivity contribution is 0.170. The molecule has 0 aromatic heterocycles. The largest absolute Gasteiger partial charge is 0.0721 e. The fourth-order valence-corrected chi connectivity index (χ4v) is 7.55. The molecule has 30 heavy (non-hydrogen) atoms. The normalized spacial score (nSPS) is 24.8. The summed E-state index contributed by atoms with van der Waals surface area (Å²) in [6.07, 6.45) is 15.6. The van der Waals surface area contributed by atoms with Gasteiger partial charge in [0, 0.05) is 10.8 Å². The Balaban J connectivity index is 1.99. The van der Waals surface area contributed by atoms with E-state index in [1.807, 2.05) is 0 Å². The molecule has 3 aliphatic rings. The highest BCUT2D eigenvalue weighted by atomic mass is 14.6. The second-order valence-corrected chi connectivity index (χ2v) is 10.6. The van der Waals surface area contributed by atoms with Crippen molar-refractivity contribution < 1.29 is 0 Å². The molecule has 1 unspecified atom stereocenters. The Labute approximate surface area is 185 Å². The first-order valence-electron chi connectivity index (χ1n) is 12.5. The Hall–Kier alpha value is -1.56. The summed E-state index contributed by atoms with van der Waals surface area (Å²) in [6, 6.07) is 5.21. The van der Waals surface area contributed by atoms with Crippen LogP contribution < -0.4 is 0 Å². The van der Waals surface area contributed by atoms with Crippen LogP contribution in [0.2, 0.25) is 0 Å². The average molecular weight is 403 g/mol. The zero-order valence-corrected chi connectivity index (χ0v) is 20.5. The quantitative estimate of drug-likeness (QED) is 0.417. The average Bonchev–Trinajstić information content (AvgIpc) is 3.17. The Morgan fingerprint density at radius 1 is 0.867 bits per heavy atom. The van der Waals surface area contributed by atoms with Crippen LogP contribution in [-0.4, -0.2) is 0 Å². The first-order valence-corrected chi connectivity index (χ1v) is 12.5. The predicted octanol–water partition coefficient (Wildman–Crippen LogP) is 8.74. The van der Waals surface area contributed by atoms with Gasteiger partial charge >= 0.3 is 0 Å².